The minimum absolute atomic E-state index is 0.0497. The Morgan fingerprint density at radius 1 is 1.00 bits per heavy atom. The van der Waals surface area contributed by atoms with E-state index in [4.69, 9.17) is 9.47 Å². The standard InChI is InChI=1S/C27H30N2O6/c30-24(31)14-23(16-6-5-7-16)28-26(32)25-22(12-13-34-25)29-27(33)35-15-21-19-10-3-1-8-17(19)18-9-2-4-11-20(18)21/h1-4,8-11,16,21-23,25H,5-7,12-15H2,(H,28,32)(H,29,33)(H,30,31)/t22-,23?,25+/m1/s1. The third-order valence-corrected chi connectivity index (χ3v) is 7.44. The normalized spacial score (nSPS) is 21.9. The summed E-state index contributed by atoms with van der Waals surface area (Å²) in [5, 5.41) is 14.9. The molecule has 0 spiro atoms. The highest BCUT2D eigenvalue weighted by molar-refractivity contribution is 5.84. The van der Waals surface area contributed by atoms with Gasteiger partial charge in [-0.05, 0) is 47.4 Å². The van der Waals surface area contributed by atoms with Gasteiger partial charge in [0, 0.05) is 18.6 Å². The summed E-state index contributed by atoms with van der Waals surface area (Å²) >= 11 is 0. The van der Waals surface area contributed by atoms with Crippen LogP contribution in [0.5, 0.6) is 0 Å². The molecule has 1 unspecified atom stereocenters. The molecule has 2 aliphatic carbocycles. The van der Waals surface area contributed by atoms with E-state index < -0.39 is 30.3 Å². The van der Waals surface area contributed by atoms with Crippen LogP contribution in [0.3, 0.4) is 0 Å². The lowest BCUT2D eigenvalue weighted by molar-refractivity contribution is -0.139. The maximum Gasteiger partial charge on any atom is 0.407 e. The summed E-state index contributed by atoms with van der Waals surface area (Å²) in [6.45, 7) is 0.520. The van der Waals surface area contributed by atoms with Crippen LogP contribution >= 0.6 is 0 Å². The number of carboxylic acid groups (broad SMARTS) is 1. The van der Waals surface area contributed by atoms with Crippen molar-refractivity contribution in [1.29, 1.82) is 0 Å². The van der Waals surface area contributed by atoms with Crippen molar-refractivity contribution in [3.63, 3.8) is 0 Å². The van der Waals surface area contributed by atoms with Crippen molar-refractivity contribution in [2.24, 2.45) is 5.92 Å². The molecule has 2 fully saturated rings. The molecule has 3 N–H and O–H groups in total. The van der Waals surface area contributed by atoms with Crippen molar-refractivity contribution in [2.75, 3.05) is 13.2 Å². The van der Waals surface area contributed by atoms with Gasteiger partial charge < -0.3 is 25.2 Å². The molecule has 184 valence electrons. The molecule has 1 aliphatic heterocycles. The molecule has 1 saturated heterocycles. The molecule has 8 heteroatoms. The average molecular weight is 479 g/mol. The predicted octanol–water partition coefficient (Wildman–Crippen LogP) is 3.44. The quantitative estimate of drug-likeness (QED) is 0.536. The topological polar surface area (TPSA) is 114 Å². The number of ether oxygens (including phenoxy) is 2. The van der Waals surface area contributed by atoms with Crippen LogP contribution in [0.1, 0.15) is 49.1 Å². The number of carboxylic acids is 1. The Kier molecular flexibility index (Phi) is 6.72. The number of fused-ring (bicyclic) bond motifs is 3. The van der Waals surface area contributed by atoms with Gasteiger partial charge in [0.15, 0.2) is 6.10 Å². The lowest BCUT2D eigenvalue weighted by Crippen LogP contribution is -2.53. The Morgan fingerprint density at radius 2 is 1.66 bits per heavy atom. The van der Waals surface area contributed by atoms with E-state index in [9.17, 15) is 19.5 Å². The first-order valence-electron chi connectivity index (χ1n) is 12.3. The van der Waals surface area contributed by atoms with Gasteiger partial charge in [0.2, 0.25) is 0 Å². The van der Waals surface area contributed by atoms with Crippen molar-refractivity contribution in [3.8, 4) is 11.1 Å². The number of benzene rings is 2. The van der Waals surface area contributed by atoms with Gasteiger partial charge in [0.25, 0.3) is 5.91 Å². The largest absolute Gasteiger partial charge is 0.481 e. The van der Waals surface area contributed by atoms with E-state index in [2.05, 4.69) is 34.9 Å². The summed E-state index contributed by atoms with van der Waals surface area (Å²) in [7, 11) is 0. The second-order valence-electron chi connectivity index (χ2n) is 9.56. The van der Waals surface area contributed by atoms with E-state index in [1.165, 1.54) is 0 Å². The van der Waals surface area contributed by atoms with E-state index in [1.807, 2.05) is 24.3 Å². The fourth-order valence-corrected chi connectivity index (χ4v) is 5.42. The molecule has 1 saturated carbocycles. The molecule has 2 amide bonds. The van der Waals surface area contributed by atoms with Gasteiger partial charge in [0.05, 0.1) is 12.5 Å². The summed E-state index contributed by atoms with van der Waals surface area (Å²) in [6.07, 6.45) is 1.76. The summed E-state index contributed by atoms with van der Waals surface area (Å²) < 4.78 is 11.2. The first kappa shape index (κ1) is 23.4. The maximum atomic E-state index is 12.9. The minimum atomic E-state index is -0.942. The van der Waals surface area contributed by atoms with Gasteiger partial charge >= 0.3 is 12.1 Å². The second kappa shape index (κ2) is 10.1. The molecule has 2 aromatic rings. The van der Waals surface area contributed by atoms with E-state index in [-0.39, 0.29) is 30.8 Å². The zero-order chi connectivity index (χ0) is 24.4. The van der Waals surface area contributed by atoms with Crippen LogP contribution in [0, 0.1) is 5.92 Å². The monoisotopic (exact) mass is 478 g/mol. The molecule has 2 aromatic carbocycles. The smallest absolute Gasteiger partial charge is 0.407 e. The molecule has 5 rings (SSSR count). The molecule has 3 atom stereocenters. The van der Waals surface area contributed by atoms with Crippen LogP contribution in [-0.2, 0) is 19.1 Å². The summed E-state index contributed by atoms with van der Waals surface area (Å²) in [5.41, 5.74) is 4.56. The molecule has 8 nitrogen and oxygen atoms in total. The lowest BCUT2D eigenvalue weighted by atomic mass is 9.78. The Morgan fingerprint density at radius 3 is 2.26 bits per heavy atom. The molecule has 35 heavy (non-hydrogen) atoms. The number of hydrogen-bond acceptors (Lipinski definition) is 5. The van der Waals surface area contributed by atoms with Gasteiger partial charge in [-0.3, -0.25) is 9.59 Å². The van der Waals surface area contributed by atoms with Crippen molar-refractivity contribution < 1.29 is 29.0 Å². The van der Waals surface area contributed by atoms with Gasteiger partial charge in [-0.15, -0.1) is 0 Å². The molecule has 1 heterocycles. The molecular weight excluding hydrogens is 448 g/mol. The minimum Gasteiger partial charge on any atom is -0.481 e. The van der Waals surface area contributed by atoms with Crippen molar-refractivity contribution in [2.45, 2.75) is 56.2 Å². The van der Waals surface area contributed by atoms with Crippen molar-refractivity contribution >= 4 is 18.0 Å². The Hall–Kier alpha value is -3.39. The third kappa shape index (κ3) is 4.89. The zero-order valence-corrected chi connectivity index (χ0v) is 19.4. The van der Waals surface area contributed by atoms with Crippen LogP contribution in [0.2, 0.25) is 0 Å². The van der Waals surface area contributed by atoms with Crippen LogP contribution in [0.4, 0.5) is 4.79 Å². The first-order chi connectivity index (χ1) is 17.0. The van der Waals surface area contributed by atoms with Crippen molar-refractivity contribution in [3.05, 3.63) is 59.7 Å². The highest BCUT2D eigenvalue weighted by Gasteiger charge is 2.39. The van der Waals surface area contributed by atoms with E-state index in [0.29, 0.717) is 13.0 Å². The van der Waals surface area contributed by atoms with E-state index in [1.54, 1.807) is 0 Å². The van der Waals surface area contributed by atoms with Gasteiger partial charge in [-0.25, -0.2) is 4.79 Å². The summed E-state index contributed by atoms with van der Waals surface area (Å²) in [6, 6.07) is 15.3. The predicted molar refractivity (Wildman–Crippen MR) is 128 cm³/mol. The number of aliphatic carboxylic acids is 1. The van der Waals surface area contributed by atoms with Crippen molar-refractivity contribution in [1.82, 2.24) is 10.6 Å². The van der Waals surface area contributed by atoms with Gasteiger partial charge in [-0.1, -0.05) is 55.0 Å². The zero-order valence-electron chi connectivity index (χ0n) is 19.4. The molecule has 0 aromatic heterocycles. The number of hydrogen-bond donors (Lipinski definition) is 3. The fourth-order valence-electron chi connectivity index (χ4n) is 5.42. The lowest BCUT2D eigenvalue weighted by Gasteiger charge is -2.34. The SMILES string of the molecule is O=C(O)CC(NC(=O)[C@H]1OCC[C@H]1NC(=O)OCC1c2ccccc2-c2ccccc21)C1CCC1. The number of nitrogens with one attached hydrogen (secondary N) is 2. The number of carbonyl (C=O) groups is 3. The second-order valence-corrected chi connectivity index (χ2v) is 9.56. The van der Waals surface area contributed by atoms with Crippen LogP contribution in [-0.4, -0.2) is 54.5 Å². The summed E-state index contributed by atoms with van der Waals surface area (Å²) in [5.74, 6) is -1.20. The molecule has 3 aliphatic rings. The van der Waals surface area contributed by atoms with Crippen LogP contribution in [0.15, 0.2) is 48.5 Å². The molecule has 0 bridgehead atoms. The molecule has 0 radical (unpaired) electrons. The van der Waals surface area contributed by atoms with Gasteiger partial charge in [-0.2, -0.15) is 0 Å². The highest BCUT2D eigenvalue weighted by Crippen LogP contribution is 2.44. The Labute approximate surface area is 204 Å². The third-order valence-electron chi connectivity index (χ3n) is 7.44. The summed E-state index contributed by atoms with van der Waals surface area (Å²) in [4.78, 5) is 36.8. The average Bonchev–Trinajstić information content (AvgIpc) is 3.38. The van der Waals surface area contributed by atoms with E-state index >= 15 is 0 Å². The van der Waals surface area contributed by atoms with E-state index in [0.717, 1.165) is 41.5 Å². The first-order valence-corrected chi connectivity index (χ1v) is 12.3. The number of rotatable bonds is 8. The highest BCUT2D eigenvalue weighted by atomic mass is 16.6. The fraction of sp³-hybridized carbons (Fsp3) is 0.444. The number of amides is 2. The Bertz CT molecular complexity index is 1070. The maximum absolute atomic E-state index is 12.9. The number of alkyl carbamates (subject to hydrolysis) is 1. The number of carbonyl (C=O) groups excluding carboxylic acids is 2. The molecular formula is C27H30N2O6. The van der Waals surface area contributed by atoms with Gasteiger partial charge in [0.1, 0.15) is 6.61 Å². The van der Waals surface area contributed by atoms with Crippen LogP contribution in [0.25, 0.3) is 11.1 Å². The van der Waals surface area contributed by atoms with Crippen LogP contribution < -0.4 is 10.6 Å². The Balaban J connectivity index is 1.18.